The molecule has 0 heterocycles. The second kappa shape index (κ2) is 6.57. The standard InChI is InChI=1S/C10H25NOSi/c1-6-10(2)12-13(4,5)9-7-8-11-3/h10-11H,6-9H2,1-5H3. The fourth-order valence-electron chi connectivity index (χ4n) is 1.38. The van der Waals surface area contributed by atoms with E-state index in [2.05, 4.69) is 32.3 Å². The van der Waals surface area contributed by atoms with Gasteiger partial charge in [-0.3, -0.25) is 0 Å². The van der Waals surface area contributed by atoms with Crippen LogP contribution in [0.25, 0.3) is 0 Å². The van der Waals surface area contributed by atoms with Crippen LogP contribution in [0.4, 0.5) is 0 Å². The molecule has 0 radical (unpaired) electrons. The zero-order chi connectivity index (χ0) is 10.3. The highest BCUT2D eigenvalue weighted by atomic mass is 28.4. The lowest BCUT2D eigenvalue weighted by Crippen LogP contribution is -2.34. The van der Waals surface area contributed by atoms with E-state index in [1.54, 1.807) is 0 Å². The molecule has 0 aromatic heterocycles. The van der Waals surface area contributed by atoms with Crippen LogP contribution in [0.5, 0.6) is 0 Å². The Balaban J connectivity index is 3.65. The monoisotopic (exact) mass is 203 g/mol. The first-order valence-electron chi connectivity index (χ1n) is 5.34. The molecular weight excluding hydrogens is 178 g/mol. The molecule has 1 N–H and O–H groups in total. The summed E-state index contributed by atoms with van der Waals surface area (Å²) in [4.78, 5) is 0. The van der Waals surface area contributed by atoms with Crippen molar-refractivity contribution in [2.45, 2.75) is 51.9 Å². The quantitative estimate of drug-likeness (QED) is 0.507. The van der Waals surface area contributed by atoms with Crippen molar-refractivity contribution in [1.29, 1.82) is 0 Å². The first-order valence-corrected chi connectivity index (χ1v) is 8.45. The summed E-state index contributed by atoms with van der Waals surface area (Å²) in [5.41, 5.74) is 0. The number of nitrogens with one attached hydrogen (secondary N) is 1. The van der Waals surface area contributed by atoms with Crippen molar-refractivity contribution in [3.8, 4) is 0 Å². The van der Waals surface area contributed by atoms with E-state index in [1.807, 2.05) is 7.05 Å². The van der Waals surface area contributed by atoms with Crippen molar-refractivity contribution in [1.82, 2.24) is 5.32 Å². The Hall–Kier alpha value is 0.137. The highest BCUT2D eigenvalue weighted by Crippen LogP contribution is 2.16. The average Bonchev–Trinajstić information content (AvgIpc) is 2.03. The van der Waals surface area contributed by atoms with Gasteiger partial charge in [0.25, 0.3) is 0 Å². The normalized spacial score (nSPS) is 14.5. The Kier molecular flexibility index (Phi) is 6.64. The van der Waals surface area contributed by atoms with Crippen LogP contribution in [0.15, 0.2) is 0 Å². The molecule has 0 aromatic rings. The van der Waals surface area contributed by atoms with Crippen LogP contribution in [0.3, 0.4) is 0 Å². The van der Waals surface area contributed by atoms with Gasteiger partial charge in [-0.05, 0) is 52.5 Å². The SMILES string of the molecule is CCC(C)O[Si](C)(C)CCCNC. The third kappa shape index (κ3) is 7.23. The molecule has 0 aliphatic rings. The summed E-state index contributed by atoms with van der Waals surface area (Å²) in [6.07, 6.45) is 2.81. The molecule has 2 nitrogen and oxygen atoms in total. The van der Waals surface area contributed by atoms with Crippen molar-refractivity contribution < 1.29 is 4.43 Å². The second-order valence-corrected chi connectivity index (χ2v) is 8.56. The van der Waals surface area contributed by atoms with Gasteiger partial charge in [-0.1, -0.05) is 6.92 Å². The van der Waals surface area contributed by atoms with E-state index in [9.17, 15) is 0 Å². The predicted octanol–water partition coefficient (Wildman–Crippen LogP) is 2.62. The van der Waals surface area contributed by atoms with Gasteiger partial charge in [-0.25, -0.2) is 0 Å². The summed E-state index contributed by atoms with van der Waals surface area (Å²) in [5.74, 6) is 0. The van der Waals surface area contributed by atoms with E-state index >= 15 is 0 Å². The second-order valence-electron chi connectivity index (χ2n) is 4.30. The third-order valence-corrected chi connectivity index (χ3v) is 4.90. The molecule has 0 aliphatic heterocycles. The van der Waals surface area contributed by atoms with Gasteiger partial charge < -0.3 is 9.74 Å². The first kappa shape index (κ1) is 13.1. The summed E-state index contributed by atoms with van der Waals surface area (Å²) >= 11 is 0. The van der Waals surface area contributed by atoms with E-state index in [4.69, 9.17) is 4.43 Å². The Morgan fingerprint density at radius 3 is 2.46 bits per heavy atom. The third-order valence-electron chi connectivity index (χ3n) is 2.30. The Morgan fingerprint density at radius 2 is 2.00 bits per heavy atom. The summed E-state index contributed by atoms with van der Waals surface area (Å²) in [5, 5.41) is 3.17. The average molecular weight is 203 g/mol. The van der Waals surface area contributed by atoms with Gasteiger partial charge in [-0.2, -0.15) is 0 Å². The van der Waals surface area contributed by atoms with Crippen LogP contribution in [0, 0.1) is 0 Å². The van der Waals surface area contributed by atoms with E-state index in [0.717, 1.165) is 13.0 Å². The minimum absolute atomic E-state index is 0.441. The van der Waals surface area contributed by atoms with Gasteiger partial charge in [0.15, 0.2) is 8.32 Å². The Bertz CT molecular complexity index is 128. The first-order chi connectivity index (χ1) is 6.02. The molecule has 0 saturated carbocycles. The minimum Gasteiger partial charge on any atom is -0.415 e. The molecule has 1 unspecified atom stereocenters. The van der Waals surface area contributed by atoms with Gasteiger partial charge in [0.1, 0.15) is 0 Å². The topological polar surface area (TPSA) is 21.3 Å². The van der Waals surface area contributed by atoms with E-state index in [-0.39, 0.29) is 0 Å². The molecular formula is C10H25NOSi. The molecule has 80 valence electrons. The van der Waals surface area contributed by atoms with E-state index in [0.29, 0.717) is 6.10 Å². The maximum Gasteiger partial charge on any atom is 0.187 e. The molecule has 1 atom stereocenters. The largest absolute Gasteiger partial charge is 0.415 e. The lowest BCUT2D eigenvalue weighted by molar-refractivity contribution is 0.206. The van der Waals surface area contributed by atoms with Crippen molar-refractivity contribution in [3.63, 3.8) is 0 Å². The molecule has 0 saturated heterocycles. The lowest BCUT2D eigenvalue weighted by atomic mass is 10.3. The van der Waals surface area contributed by atoms with Crippen molar-refractivity contribution in [2.75, 3.05) is 13.6 Å². The highest BCUT2D eigenvalue weighted by molar-refractivity contribution is 6.71. The van der Waals surface area contributed by atoms with Crippen LogP contribution >= 0.6 is 0 Å². The van der Waals surface area contributed by atoms with Crippen LogP contribution < -0.4 is 5.32 Å². The predicted molar refractivity (Wildman–Crippen MR) is 61.7 cm³/mol. The van der Waals surface area contributed by atoms with Gasteiger partial charge in [0.2, 0.25) is 0 Å². The smallest absolute Gasteiger partial charge is 0.187 e. The number of rotatable bonds is 7. The Morgan fingerprint density at radius 1 is 1.38 bits per heavy atom. The molecule has 0 amide bonds. The van der Waals surface area contributed by atoms with Crippen LogP contribution in [-0.4, -0.2) is 28.0 Å². The molecule has 0 aromatic carbocycles. The molecule has 0 aliphatic carbocycles. The van der Waals surface area contributed by atoms with E-state index in [1.165, 1.54) is 12.5 Å². The van der Waals surface area contributed by atoms with Crippen LogP contribution in [0.1, 0.15) is 26.7 Å². The minimum atomic E-state index is -1.36. The van der Waals surface area contributed by atoms with Crippen molar-refractivity contribution in [3.05, 3.63) is 0 Å². The van der Waals surface area contributed by atoms with E-state index < -0.39 is 8.32 Å². The van der Waals surface area contributed by atoms with Gasteiger partial charge in [0.05, 0.1) is 0 Å². The van der Waals surface area contributed by atoms with Gasteiger partial charge >= 0.3 is 0 Å². The fourth-order valence-corrected chi connectivity index (χ4v) is 3.78. The summed E-state index contributed by atoms with van der Waals surface area (Å²) in [6.45, 7) is 10.1. The van der Waals surface area contributed by atoms with Crippen molar-refractivity contribution in [2.24, 2.45) is 0 Å². The molecule has 13 heavy (non-hydrogen) atoms. The molecule has 0 rings (SSSR count). The lowest BCUT2D eigenvalue weighted by Gasteiger charge is -2.26. The number of hydrogen-bond donors (Lipinski definition) is 1. The zero-order valence-electron chi connectivity index (χ0n) is 9.81. The molecule has 0 spiro atoms. The molecule has 0 fully saturated rings. The number of hydrogen-bond acceptors (Lipinski definition) is 2. The van der Waals surface area contributed by atoms with Crippen LogP contribution in [0.2, 0.25) is 19.1 Å². The van der Waals surface area contributed by atoms with Gasteiger partial charge in [0, 0.05) is 6.10 Å². The summed E-state index contributed by atoms with van der Waals surface area (Å²) < 4.78 is 6.04. The zero-order valence-corrected chi connectivity index (χ0v) is 10.8. The maximum absolute atomic E-state index is 6.04. The van der Waals surface area contributed by atoms with Crippen molar-refractivity contribution >= 4 is 8.32 Å². The van der Waals surface area contributed by atoms with Gasteiger partial charge in [-0.15, -0.1) is 0 Å². The van der Waals surface area contributed by atoms with Crippen LogP contribution in [-0.2, 0) is 4.43 Å². The summed E-state index contributed by atoms with van der Waals surface area (Å²) in [7, 11) is 0.639. The molecule has 0 bridgehead atoms. The fraction of sp³-hybridized carbons (Fsp3) is 1.00. The highest BCUT2D eigenvalue weighted by Gasteiger charge is 2.23. The Labute approximate surface area is 84.2 Å². The molecule has 3 heteroatoms. The maximum atomic E-state index is 6.04. The summed E-state index contributed by atoms with van der Waals surface area (Å²) in [6, 6.07) is 1.26.